The molecule has 0 bridgehead atoms. The minimum absolute atomic E-state index is 0.0192. The highest BCUT2D eigenvalue weighted by Gasteiger charge is 2.31. The van der Waals surface area contributed by atoms with Crippen molar-refractivity contribution < 1.29 is 24.2 Å². The molecule has 5 rings (SSSR count). The molecule has 0 unspecified atom stereocenters. The molecule has 3 N–H and O–H groups in total. The van der Waals surface area contributed by atoms with E-state index in [0.29, 0.717) is 35.8 Å². The van der Waals surface area contributed by atoms with E-state index in [-0.39, 0.29) is 30.6 Å². The van der Waals surface area contributed by atoms with Gasteiger partial charge in [0.2, 0.25) is 0 Å². The second-order valence-corrected chi connectivity index (χ2v) is 14.3. The second-order valence-electron chi connectivity index (χ2n) is 14.3. The maximum absolute atomic E-state index is 14.5. The van der Waals surface area contributed by atoms with Gasteiger partial charge in [-0.1, -0.05) is 62.6 Å². The van der Waals surface area contributed by atoms with E-state index in [9.17, 15) is 14.7 Å². The number of carbonyl (C=O) groups is 2. The average molecular weight is 673 g/mol. The van der Waals surface area contributed by atoms with E-state index in [1.165, 1.54) is 32.1 Å². The van der Waals surface area contributed by atoms with Crippen molar-refractivity contribution in [2.75, 3.05) is 50.5 Å². The van der Waals surface area contributed by atoms with Crippen molar-refractivity contribution in [3.63, 3.8) is 0 Å². The van der Waals surface area contributed by atoms with Gasteiger partial charge in [0.25, 0.3) is 5.91 Å². The summed E-state index contributed by atoms with van der Waals surface area (Å²) in [7, 11) is 2.19. The first-order chi connectivity index (χ1) is 23.7. The monoisotopic (exact) mass is 672 g/mol. The number of amides is 3. The van der Waals surface area contributed by atoms with Crippen LogP contribution < -0.4 is 15.4 Å². The third-order valence-electron chi connectivity index (χ3n) is 10.1. The number of ether oxygens (including phenoxy) is 2. The number of hydrogen-bond acceptors (Lipinski definition) is 6. The van der Waals surface area contributed by atoms with Gasteiger partial charge < -0.3 is 35.0 Å². The summed E-state index contributed by atoms with van der Waals surface area (Å²) in [5, 5.41) is 18.1. The summed E-state index contributed by atoms with van der Waals surface area (Å²) in [4.78, 5) is 31.8. The van der Waals surface area contributed by atoms with E-state index in [1.807, 2.05) is 56.3 Å². The maximum atomic E-state index is 14.5. The molecule has 1 aliphatic heterocycles. The van der Waals surface area contributed by atoms with Crippen molar-refractivity contribution in [2.45, 2.75) is 90.4 Å². The number of nitrogens with one attached hydrogen (secondary N) is 2. The van der Waals surface area contributed by atoms with Crippen LogP contribution in [0.5, 0.6) is 5.75 Å². The number of likely N-dealkylation sites (N-methyl/N-ethyl adjacent to an activating group) is 1. The summed E-state index contributed by atoms with van der Waals surface area (Å²) in [5.74, 6) is 0.971. The highest BCUT2D eigenvalue weighted by atomic mass is 16.5. The van der Waals surface area contributed by atoms with E-state index in [1.54, 1.807) is 23.1 Å². The smallest absolute Gasteiger partial charge is 0.323 e. The number of urea groups is 1. The van der Waals surface area contributed by atoms with Gasteiger partial charge in [0, 0.05) is 43.2 Å². The van der Waals surface area contributed by atoms with Crippen LogP contribution in [0, 0.1) is 11.8 Å². The zero-order valence-corrected chi connectivity index (χ0v) is 29.8. The first-order valence-corrected chi connectivity index (χ1v) is 18.3. The standard InChI is InChI=1S/C40H56N4O5/c1-28-24-44(29(2)27-45)39(46)35-23-33(41-40(47)42-36-19-12-17-32-16-8-9-18-34(32)36)20-21-37(35)49-30(3)13-10-11-22-48-38(28)26-43(4)25-31-14-6-5-7-15-31/h8-9,12,16-21,23,28-31,38,45H,5-7,10-11,13-15,22,24-27H2,1-4H3,(H2,41,42,47)/t28-,29+,30+,38-/m1/s1. The van der Waals surface area contributed by atoms with E-state index in [4.69, 9.17) is 9.47 Å². The molecular weight excluding hydrogens is 616 g/mol. The van der Waals surface area contributed by atoms with Crippen LogP contribution in [0.25, 0.3) is 10.8 Å². The molecule has 9 heteroatoms. The number of fused-ring (bicyclic) bond motifs is 2. The van der Waals surface area contributed by atoms with Crippen molar-refractivity contribution in [1.29, 1.82) is 0 Å². The lowest BCUT2D eigenvalue weighted by Gasteiger charge is -2.36. The summed E-state index contributed by atoms with van der Waals surface area (Å²) < 4.78 is 12.9. The van der Waals surface area contributed by atoms with Gasteiger partial charge in [-0.05, 0) is 88.6 Å². The van der Waals surface area contributed by atoms with Gasteiger partial charge in [-0.2, -0.15) is 0 Å². The van der Waals surface area contributed by atoms with Gasteiger partial charge >= 0.3 is 6.03 Å². The number of benzene rings is 3. The van der Waals surface area contributed by atoms with Crippen LogP contribution >= 0.6 is 0 Å². The molecule has 2 aliphatic rings. The van der Waals surface area contributed by atoms with Gasteiger partial charge in [0.1, 0.15) is 5.75 Å². The minimum Gasteiger partial charge on any atom is -0.490 e. The Hall–Kier alpha value is -3.66. The summed E-state index contributed by atoms with van der Waals surface area (Å²) in [6, 6.07) is 18.0. The molecule has 3 amide bonds. The zero-order valence-electron chi connectivity index (χ0n) is 29.8. The van der Waals surface area contributed by atoms with Crippen LogP contribution in [-0.2, 0) is 4.74 Å². The van der Waals surface area contributed by atoms with E-state index >= 15 is 0 Å². The second kappa shape index (κ2) is 17.8. The number of hydrogen-bond donors (Lipinski definition) is 3. The number of rotatable bonds is 8. The number of anilines is 2. The van der Waals surface area contributed by atoms with Crippen LogP contribution in [0.3, 0.4) is 0 Å². The Balaban J connectivity index is 1.37. The number of carbonyl (C=O) groups excluding carboxylic acids is 2. The SMILES string of the molecule is C[C@@H]1CN([C@@H](C)CO)C(=O)c2cc(NC(=O)Nc3cccc4ccccc34)ccc2O[C@@H](C)CCCCO[C@@H]1CN(C)CC1CCCCC1. The zero-order chi connectivity index (χ0) is 34.8. The maximum Gasteiger partial charge on any atom is 0.323 e. The lowest BCUT2D eigenvalue weighted by atomic mass is 9.89. The molecule has 1 saturated carbocycles. The molecule has 4 atom stereocenters. The van der Waals surface area contributed by atoms with Crippen LogP contribution in [0.2, 0.25) is 0 Å². The van der Waals surface area contributed by atoms with Gasteiger partial charge in [-0.3, -0.25) is 4.79 Å². The Morgan fingerprint density at radius 3 is 2.51 bits per heavy atom. The fourth-order valence-corrected chi connectivity index (χ4v) is 7.27. The molecular formula is C40H56N4O5. The molecule has 3 aromatic rings. The number of nitrogens with zero attached hydrogens (tertiary/aromatic N) is 2. The van der Waals surface area contributed by atoms with Gasteiger partial charge in [-0.25, -0.2) is 4.79 Å². The predicted molar refractivity (Wildman–Crippen MR) is 198 cm³/mol. The summed E-state index contributed by atoms with van der Waals surface area (Å²) in [6.45, 7) is 8.78. The molecule has 1 heterocycles. The fourth-order valence-electron chi connectivity index (χ4n) is 7.27. The highest BCUT2D eigenvalue weighted by Crippen LogP contribution is 2.30. The van der Waals surface area contributed by atoms with Crippen LogP contribution in [-0.4, -0.2) is 85.0 Å². The first-order valence-electron chi connectivity index (χ1n) is 18.3. The molecule has 9 nitrogen and oxygen atoms in total. The molecule has 0 aromatic heterocycles. The van der Waals surface area contributed by atoms with Crippen molar-refractivity contribution in [2.24, 2.45) is 11.8 Å². The molecule has 49 heavy (non-hydrogen) atoms. The normalized spacial score (nSPS) is 22.2. The highest BCUT2D eigenvalue weighted by molar-refractivity contribution is 6.07. The summed E-state index contributed by atoms with van der Waals surface area (Å²) >= 11 is 0. The Labute approximate surface area is 292 Å². The Bertz CT molecular complexity index is 1520. The third-order valence-corrected chi connectivity index (χ3v) is 10.1. The van der Waals surface area contributed by atoms with E-state index < -0.39 is 12.1 Å². The van der Waals surface area contributed by atoms with E-state index in [0.717, 1.165) is 49.0 Å². The van der Waals surface area contributed by atoms with Gasteiger partial charge in [-0.15, -0.1) is 0 Å². The molecule has 266 valence electrons. The van der Waals surface area contributed by atoms with Crippen molar-refractivity contribution in [1.82, 2.24) is 9.80 Å². The third kappa shape index (κ3) is 10.2. The molecule has 0 spiro atoms. The quantitative estimate of drug-likeness (QED) is 0.226. The largest absolute Gasteiger partial charge is 0.490 e. The summed E-state index contributed by atoms with van der Waals surface area (Å²) in [5.41, 5.74) is 1.52. The van der Waals surface area contributed by atoms with Gasteiger partial charge in [0.05, 0.1) is 36.1 Å². The van der Waals surface area contributed by atoms with Crippen LogP contribution in [0.1, 0.15) is 82.5 Å². The Morgan fingerprint density at radius 1 is 0.959 bits per heavy atom. The Kier molecular flexibility index (Phi) is 13.3. The van der Waals surface area contributed by atoms with Crippen molar-refractivity contribution in [3.8, 4) is 5.75 Å². The lowest BCUT2D eigenvalue weighted by molar-refractivity contribution is -0.0190. The molecule has 3 aromatic carbocycles. The fraction of sp³-hybridized carbons (Fsp3) is 0.550. The van der Waals surface area contributed by atoms with Crippen LogP contribution in [0.15, 0.2) is 60.7 Å². The van der Waals surface area contributed by atoms with Gasteiger partial charge in [0.15, 0.2) is 0 Å². The average Bonchev–Trinajstić information content (AvgIpc) is 3.10. The minimum atomic E-state index is -0.431. The molecule has 0 saturated heterocycles. The summed E-state index contributed by atoms with van der Waals surface area (Å²) in [6.07, 6.45) is 9.10. The Morgan fingerprint density at radius 2 is 1.71 bits per heavy atom. The number of aliphatic hydroxyl groups excluding tert-OH is 1. The van der Waals surface area contributed by atoms with Crippen LogP contribution in [0.4, 0.5) is 16.2 Å². The topological polar surface area (TPSA) is 103 Å². The van der Waals surface area contributed by atoms with E-state index in [2.05, 4.69) is 29.5 Å². The van der Waals surface area contributed by atoms with Crippen molar-refractivity contribution in [3.05, 3.63) is 66.2 Å². The molecule has 1 fully saturated rings. The first kappa shape index (κ1) is 36.6. The number of aliphatic hydroxyl groups is 1. The predicted octanol–water partition coefficient (Wildman–Crippen LogP) is 7.79. The lowest BCUT2D eigenvalue weighted by Crippen LogP contribution is -2.47. The molecule has 0 radical (unpaired) electrons. The molecule has 1 aliphatic carbocycles. The van der Waals surface area contributed by atoms with Crippen molar-refractivity contribution >= 4 is 34.1 Å².